The highest BCUT2D eigenvalue weighted by molar-refractivity contribution is 5.05. The molecule has 5 heteroatoms. The van der Waals surface area contributed by atoms with Crippen LogP contribution in [0.3, 0.4) is 0 Å². The predicted octanol–water partition coefficient (Wildman–Crippen LogP) is 1.24. The first-order valence-electron chi connectivity index (χ1n) is 6.12. The molecular formula is C11H21N5. The average molecular weight is 223 g/mol. The van der Waals surface area contributed by atoms with E-state index in [0.717, 1.165) is 24.6 Å². The molecule has 1 aliphatic carbocycles. The summed E-state index contributed by atoms with van der Waals surface area (Å²) in [7, 11) is 0. The summed E-state index contributed by atoms with van der Waals surface area (Å²) in [5, 5.41) is 8.10. The van der Waals surface area contributed by atoms with Crippen molar-refractivity contribution < 1.29 is 0 Å². The van der Waals surface area contributed by atoms with Gasteiger partial charge in [0.15, 0.2) is 0 Å². The van der Waals surface area contributed by atoms with Crippen LogP contribution in [0.25, 0.3) is 0 Å². The van der Waals surface area contributed by atoms with Crippen LogP contribution >= 0.6 is 0 Å². The van der Waals surface area contributed by atoms with Crippen molar-refractivity contribution in [2.45, 2.75) is 45.7 Å². The lowest BCUT2D eigenvalue weighted by Gasteiger charge is -2.23. The predicted molar refractivity (Wildman–Crippen MR) is 62.3 cm³/mol. The second kappa shape index (κ2) is 4.93. The number of aryl methyl sites for hydroxylation is 1. The average Bonchev–Trinajstić information content (AvgIpc) is 3.04. The molecule has 16 heavy (non-hydrogen) atoms. The maximum absolute atomic E-state index is 5.68. The van der Waals surface area contributed by atoms with E-state index in [1.807, 2.05) is 10.9 Å². The minimum absolute atomic E-state index is 0.175. The summed E-state index contributed by atoms with van der Waals surface area (Å²) in [6.07, 6.45) is 5.55. The topological polar surface area (TPSA) is 68.8 Å². The van der Waals surface area contributed by atoms with Crippen LogP contribution in [0.1, 0.15) is 44.8 Å². The van der Waals surface area contributed by atoms with Gasteiger partial charge in [0.1, 0.15) is 0 Å². The second-order valence-electron chi connectivity index (χ2n) is 4.72. The summed E-state index contributed by atoms with van der Waals surface area (Å²) >= 11 is 0. The highest BCUT2D eigenvalue weighted by atomic mass is 15.4. The molecule has 0 spiro atoms. The lowest BCUT2D eigenvalue weighted by molar-refractivity contribution is 0.332. The Morgan fingerprint density at radius 1 is 1.62 bits per heavy atom. The zero-order chi connectivity index (χ0) is 11.5. The quantitative estimate of drug-likeness (QED) is 0.562. The van der Waals surface area contributed by atoms with Gasteiger partial charge in [0, 0.05) is 6.54 Å². The van der Waals surface area contributed by atoms with Crippen LogP contribution < -0.4 is 11.3 Å². The van der Waals surface area contributed by atoms with Crippen molar-refractivity contribution in [1.82, 2.24) is 20.4 Å². The maximum Gasteiger partial charge on any atom is 0.0772 e. The van der Waals surface area contributed by atoms with E-state index < -0.39 is 0 Å². The molecular weight excluding hydrogens is 202 g/mol. The van der Waals surface area contributed by atoms with Gasteiger partial charge in [-0.1, -0.05) is 19.1 Å². The fraction of sp³-hybridized carbons (Fsp3) is 0.818. The second-order valence-corrected chi connectivity index (χ2v) is 4.72. The number of hydrogen-bond acceptors (Lipinski definition) is 4. The summed E-state index contributed by atoms with van der Waals surface area (Å²) < 4.78 is 1.96. The molecule has 0 amide bonds. The Hall–Kier alpha value is -0.940. The first-order valence-corrected chi connectivity index (χ1v) is 6.12. The Bertz CT molecular complexity index is 331. The summed E-state index contributed by atoms with van der Waals surface area (Å²) in [6.45, 7) is 5.30. The van der Waals surface area contributed by atoms with Gasteiger partial charge < -0.3 is 0 Å². The molecule has 1 saturated carbocycles. The van der Waals surface area contributed by atoms with Crippen LogP contribution in [0.4, 0.5) is 0 Å². The molecule has 1 aliphatic rings. The van der Waals surface area contributed by atoms with E-state index in [9.17, 15) is 0 Å². The van der Waals surface area contributed by atoms with Crippen molar-refractivity contribution in [1.29, 1.82) is 0 Å². The molecule has 1 aromatic heterocycles. The Morgan fingerprint density at radius 3 is 2.94 bits per heavy atom. The van der Waals surface area contributed by atoms with E-state index in [0.29, 0.717) is 5.92 Å². The van der Waals surface area contributed by atoms with E-state index in [1.165, 1.54) is 12.8 Å². The number of nitrogens with zero attached hydrogens (tertiary/aromatic N) is 3. The zero-order valence-electron chi connectivity index (χ0n) is 10.1. The number of rotatable bonds is 6. The number of aromatic nitrogens is 3. The third-order valence-electron chi connectivity index (χ3n) is 3.47. The fourth-order valence-corrected chi connectivity index (χ4v) is 2.29. The van der Waals surface area contributed by atoms with E-state index in [2.05, 4.69) is 29.6 Å². The van der Waals surface area contributed by atoms with E-state index in [4.69, 9.17) is 5.84 Å². The Labute approximate surface area is 96.4 Å². The van der Waals surface area contributed by atoms with Crippen molar-refractivity contribution in [3.63, 3.8) is 0 Å². The van der Waals surface area contributed by atoms with Gasteiger partial charge in [0.25, 0.3) is 0 Å². The molecule has 0 bridgehead atoms. The van der Waals surface area contributed by atoms with Gasteiger partial charge in [-0.25, -0.2) is 4.68 Å². The molecule has 3 N–H and O–H groups in total. The van der Waals surface area contributed by atoms with E-state index in [-0.39, 0.29) is 6.04 Å². The molecule has 0 saturated heterocycles. The van der Waals surface area contributed by atoms with Gasteiger partial charge in [0.2, 0.25) is 0 Å². The summed E-state index contributed by atoms with van der Waals surface area (Å²) in [5.41, 5.74) is 4.04. The zero-order valence-corrected chi connectivity index (χ0v) is 10.1. The van der Waals surface area contributed by atoms with Gasteiger partial charge >= 0.3 is 0 Å². The molecule has 1 aromatic rings. The number of nitrogens with one attached hydrogen (secondary N) is 1. The van der Waals surface area contributed by atoms with Crippen LogP contribution in [0, 0.1) is 11.8 Å². The molecule has 2 rings (SSSR count). The van der Waals surface area contributed by atoms with E-state index >= 15 is 0 Å². The van der Waals surface area contributed by atoms with Crippen molar-refractivity contribution in [3.8, 4) is 0 Å². The van der Waals surface area contributed by atoms with Gasteiger partial charge in [-0.2, -0.15) is 0 Å². The highest BCUT2D eigenvalue weighted by Crippen LogP contribution is 2.42. The SMILES string of the molecule is CCCn1nncc1C(NN)C(C)C1CC1. The number of nitrogens with two attached hydrogens (primary N) is 1. The molecule has 1 fully saturated rings. The maximum atomic E-state index is 5.68. The van der Waals surface area contributed by atoms with Crippen molar-refractivity contribution in [2.24, 2.45) is 17.7 Å². The minimum Gasteiger partial charge on any atom is -0.271 e. The van der Waals surface area contributed by atoms with Crippen LogP contribution in [-0.4, -0.2) is 15.0 Å². The first kappa shape index (κ1) is 11.5. The molecule has 0 radical (unpaired) electrons. The Balaban J connectivity index is 2.14. The molecule has 1 heterocycles. The summed E-state index contributed by atoms with van der Waals surface area (Å²) in [6, 6.07) is 0.175. The highest BCUT2D eigenvalue weighted by Gasteiger charge is 2.35. The third kappa shape index (κ3) is 2.25. The molecule has 5 nitrogen and oxygen atoms in total. The van der Waals surface area contributed by atoms with Crippen molar-refractivity contribution >= 4 is 0 Å². The molecule has 0 aromatic carbocycles. The Kier molecular flexibility index (Phi) is 3.56. The molecule has 90 valence electrons. The fourth-order valence-electron chi connectivity index (χ4n) is 2.29. The van der Waals surface area contributed by atoms with Crippen molar-refractivity contribution in [3.05, 3.63) is 11.9 Å². The molecule has 2 unspecified atom stereocenters. The van der Waals surface area contributed by atoms with Gasteiger partial charge in [-0.05, 0) is 31.1 Å². The largest absolute Gasteiger partial charge is 0.271 e. The lowest BCUT2D eigenvalue weighted by atomic mass is 9.95. The molecule has 0 aliphatic heterocycles. The van der Waals surface area contributed by atoms with Crippen LogP contribution in [0.5, 0.6) is 0 Å². The standard InChI is InChI=1S/C11H21N5/c1-3-6-16-10(7-13-15-16)11(14-12)8(2)9-4-5-9/h7-9,11,14H,3-6,12H2,1-2H3. The smallest absolute Gasteiger partial charge is 0.0772 e. The van der Waals surface area contributed by atoms with Gasteiger partial charge in [-0.15, -0.1) is 5.10 Å². The summed E-state index contributed by atoms with van der Waals surface area (Å²) in [5.74, 6) is 7.04. The number of hydrazine groups is 1. The van der Waals surface area contributed by atoms with Crippen LogP contribution in [0.15, 0.2) is 6.20 Å². The Morgan fingerprint density at radius 2 is 2.38 bits per heavy atom. The minimum atomic E-state index is 0.175. The number of hydrogen-bond donors (Lipinski definition) is 2. The van der Waals surface area contributed by atoms with Gasteiger partial charge in [0.05, 0.1) is 17.9 Å². The summed E-state index contributed by atoms with van der Waals surface area (Å²) in [4.78, 5) is 0. The lowest BCUT2D eigenvalue weighted by Crippen LogP contribution is -2.35. The van der Waals surface area contributed by atoms with Crippen LogP contribution in [0.2, 0.25) is 0 Å². The normalized spacial score (nSPS) is 19.7. The van der Waals surface area contributed by atoms with Gasteiger partial charge in [-0.3, -0.25) is 11.3 Å². The molecule has 2 atom stereocenters. The van der Waals surface area contributed by atoms with Crippen molar-refractivity contribution in [2.75, 3.05) is 0 Å². The first-order chi connectivity index (χ1) is 7.77. The van der Waals surface area contributed by atoms with E-state index in [1.54, 1.807) is 0 Å². The monoisotopic (exact) mass is 223 g/mol. The third-order valence-corrected chi connectivity index (χ3v) is 3.47. The van der Waals surface area contributed by atoms with Crippen LogP contribution in [-0.2, 0) is 6.54 Å².